The molecule has 1 saturated heterocycles. The molecular weight excluding hydrogens is 500 g/mol. The molecule has 1 N–H and O–H groups in total. The lowest BCUT2D eigenvalue weighted by Gasteiger charge is -2.35. The van der Waals surface area contributed by atoms with E-state index in [1.54, 1.807) is 18.2 Å². The Labute approximate surface area is 200 Å². The third-order valence-electron chi connectivity index (χ3n) is 6.05. The second-order valence-electron chi connectivity index (χ2n) is 8.31. The molecule has 1 fully saturated rings. The van der Waals surface area contributed by atoms with E-state index in [-0.39, 0.29) is 6.54 Å². The molecular formula is C22H18ClF6N5O. The molecule has 2 aliphatic heterocycles. The van der Waals surface area contributed by atoms with Gasteiger partial charge in [0.2, 0.25) is 17.6 Å². The van der Waals surface area contributed by atoms with Crippen molar-refractivity contribution in [2.24, 2.45) is 0 Å². The van der Waals surface area contributed by atoms with Crippen molar-refractivity contribution in [1.82, 2.24) is 19.9 Å². The van der Waals surface area contributed by atoms with E-state index >= 15 is 0 Å². The van der Waals surface area contributed by atoms with Crippen molar-refractivity contribution in [3.05, 3.63) is 57.8 Å². The molecule has 0 aliphatic carbocycles. The van der Waals surface area contributed by atoms with Gasteiger partial charge in [-0.05, 0) is 43.0 Å². The van der Waals surface area contributed by atoms with Crippen molar-refractivity contribution in [3.8, 4) is 0 Å². The van der Waals surface area contributed by atoms with Gasteiger partial charge >= 0.3 is 12.4 Å². The number of anilines is 1. The van der Waals surface area contributed by atoms with E-state index in [1.165, 1.54) is 4.90 Å². The molecule has 2 aromatic heterocycles. The van der Waals surface area contributed by atoms with Crippen LogP contribution < -0.4 is 4.90 Å². The lowest BCUT2D eigenvalue weighted by atomic mass is 9.94. The molecule has 2 aliphatic rings. The van der Waals surface area contributed by atoms with Gasteiger partial charge in [0, 0.05) is 28.2 Å². The van der Waals surface area contributed by atoms with Gasteiger partial charge < -0.3 is 14.6 Å². The number of aromatic nitrogens is 4. The fraction of sp³-hybridized carbons (Fsp3) is 0.409. The molecule has 0 saturated carbocycles. The number of rotatable bonds is 2. The third kappa shape index (κ3) is 4.68. The Morgan fingerprint density at radius 3 is 2.26 bits per heavy atom. The lowest BCUT2D eigenvalue weighted by molar-refractivity contribution is -0.155. The summed E-state index contributed by atoms with van der Waals surface area (Å²) < 4.78 is 85.8. The molecule has 4 heterocycles. The van der Waals surface area contributed by atoms with Gasteiger partial charge in [-0.2, -0.15) is 36.3 Å². The van der Waals surface area contributed by atoms with Crippen LogP contribution in [0, 0.1) is 0 Å². The molecule has 3 aromatic rings. The highest BCUT2D eigenvalue weighted by Crippen LogP contribution is 2.40. The van der Waals surface area contributed by atoms with Crippen molar-refractivity contribution >= 4 is 28.5 Å². The van der Waals surface area contributed by atoms with Gasteiger partial charge in [-0.1, -0.05) is 23.3 Å². The number of hydrogen-bond acceptors (Lipinski definition) is 5. The van der Waals surface area contributed by atoms with Crippen LogP contribution in [0.2, 0.25) is 5.02 Å². The second-order valence-corrected chi connectivity index (χ2v) is 8.75. The molecule has 13 heteroatoms. The zero-order valence-corrected chi connectivity index (χ0v) is 18.7. The third-order valence-corrected chi connectivity index (χ3v) is 6.29. The van der Waals surface area contributed by atoms with E-state index in [4.69, 9.17) is 16.3 Å². The first kappa shape index (κ1) is 23.9. The smallest absolute Gasteiger partial charge is 0.381 e. The van der Waals surface area contributed by atoms with Gasteiger partial charge in [-0.25, -0.2) is 4.98 Å². The monoisotopic (exact) mass is 517 g/mol. The molecule has 0 amide bonds. The fourth-order valence-corrected chi connectivity index (χ4v) is 4.63. The number of aromatic amines is 1. The summed E-state index contributed by atoms with van der Waals surface area (Å²) in [7, 11) is 0. The van der Waals surface area contributed by atoms with E-state index in [2.05, 4.69) is 19.9 Å². The number of hydrogen-bond donors (Lipinski definition) is 1. The average Bonchev–Trinajstić information content (AvgIpc) is 3.17. The summed E-state index contributed by atoms with van der Waals surface area (Å²) in [4.78, 5) is 14.1. The maximum Gasteiger partial charge on any atom is 0.451 e. The van der Waals surface area contributed by atoms with Gasteiger partial charge in [-0.3, -0.25) is 0 Å². The van der Waals surface area contributed by atoms with E-state index < -0.39 is 36.0 Å². The minimum absolute atomic E-state index is 0.0933. The number of nitrogens with one attached hydrogen (secondary N) is 1. The predicted octanol–water partition coefficient (Wildman–Crippen LogP) is 5.88. The van der Waals surface area contributed by atoms with Gasteiger partial charge in [0.25, 0.3) is 0 Å². The molecule has 0 bridgehead atoms. The largest absolute Gasteiger partial charge is 0.451 e. The summed E-state index contributed by atoms with van der Waals surface area (Å²) in [5, 5.41) is 1.37. The number of benzene rings is 1. The summed E-state index contributed by atoms with van der Waals surface area (Å²) in [5.74, 6) is -4.46. The van der Waals surface area contributed by atoms with Gasteiger partial charge in [0.1, 0.15) is 0 Å². The van der Waals surface area contributed by atoms with E-state index in [1.807, 2.05) is 6.08 Å². The van der Waals surface area contributed by atoms with Crippen LogP contribution in [0.15, 0.2) is 29.8 Å². The second kappa shape index (κ2) is 8.66. The van der Waals surface area contributed by atoms with Gasteiger partial charge in [0.05, 0.1) is 19.3 Å². The summed E-state index contributed by atoms with van der Waals surface area (Å²) in [6.45, 7) is 1.06. The van der Waals surface area contributed by atoms with E-state index in [0.717, 1.165) is 22.0 Å². The van der Waals surface area contributed by atoms with Crippen LogP contribution >= 0.6 is 11.6 Å². The van der Waals surface area contributed by atoms with Gasteiger partial charge in [0.15, 0.2) is 0 Å². The van der Waals surface area contributed by atoms with Crippen molar-refractivity contribution in [3.63, 3.8) is 0 Å². The molecule has 5 rings (SSSR count). The quantitative estimate of drug-likeness (QED) is 0.339. The maximum atomic E-state index is 13.4. The standard InChI is InChI=1S/C22H18ClF6N5O/c23-12-1-2-15-14(10-12)13-3-6-34(16(17(13)30-15)9-11-4-7-35-8-5-11)20-32-18(21(24,25)26)31-19(33-20)22(27,28)29/h1-2,9-10,16,30H,3-8H2/t16-/m0/s1. The molecule has 0 unspecified atom stereocenters. The van der Waals surface area contributed by atoms with Crippen LogP contribution in [-0.2, 0) is 23.5 Å². The van der Waals surface area contributed by atoms with Crippen LogP contribution in [0.4, 0.5) is 32.3 Å². The number of fused-ring (bicyclic) bond motifs is 3. The zero-order chi connectivity index (χ0) is 25.0. The minimum atomic E-state index is -5.18. The fourth-order valence-electron chi connectivity index (χ4n) is 4.46. The number of H-pyrrole nitrogens is 1. The highest BCUT2D eigenvalue weighted by atomic mass is 35.5. The summed E-state index contributed by atoms with van der Waals surface area (Å²) in [5.41, 5.74) is 3.29. The van der Waals surface area contributed by atoms with Crippen LogP contribution in [0.25, 0.3) is 10.9 Å². The molecule has 0 spiro atoms. The number of alkyl halides is 6. The number of halogens is 7. The number of ether oxygens (including phenoxy) is 1. The van der Waals surface area contributed by atoms with Crippen molar-refractivity contribution in [2.45, 2.75) is 37.7 Å². The highest BCUT2D eigenvalue weighted by molar-refractivity contribution is 6.31. The topological polar surface area (TPSA) is 66.9 Å². The molecule has 186 valence electrons. The average molecular weight is 518 g/mol. The Hall–Kier alpha value is -2.86. The normalized spacial score (nSPS) is 19.2. The van der Waals surface area contributed by atoms with Crippen LogP contribution in [0.1, 0.15) is 41.8 Å². The first-order chi connectivity index (χ1) is 16.5. The maximum absolute atomic E-state index is 13.4. The summed E-state index contributed by atoms with van der Waals surface area (Å²) in [6.07, 6.45) is -6.96. The highest BCUT2D eigenvalue weighted by Gasteiger charge is 2.43. The van der Waals surface area contributed by atoms with Crippen LogP contribution in [-0.4, -0.2) is 39.7 Å². The van der Waals surface area contributed by atoms with E-state index in [0.29, 0.717) is 43.2 Å². The summed E-state index contributed by atoms with van der Waals surface area (Å²) in [6, 6.07) is 4.55. The first-order valence-electron chi connectivity index (χ1n) is 10.7. The van der Waals surface area contributed by atoms with E-state index in [9.17, 15) is 26.3 Å². The van der Waals surface area contributed by atoms with Crippen molar-refractivity contribution in [2.75, 3.05) is 24.7 Å². The lowest BCUT2D eigenvalue weighted by Crippen LogP contribution is -2.37. The molecule has 0 radical (unpaired) electrons. The van der Waals surface area contributed by atoms with Crippen molar-refractivity contribution in [1.29, 1.82) is 0 Å². The van der Waals surface area contributed by atoms with Gasteiger partial charge in [-0.15, -0.1) is 0 Å². The Morgan fingerprint density at radius 1 is 0.971 bits per heavy atom. The summed E-state index contributed by atoms with van der Waals surface area (Å²) >= 11 is 6.16. The molecule has 6 nitrogen and oxygen atoms in total. The van der Waals surface area contributed by atoms with Crippen LogP contribution in [0.5, 0.6) is 0 Å². The molecule has 1 atom stereocenters. The predicted molar refractivity (Wildman–Crippen MR) is 115 cm³/mol. The number of nitrogens with zero attached hydrogens (tertiary/aromatic N) is 4. The van der Waals surface area contributed by atoms with Crippen LogP contribution in [0.3, 0.4) is 0 Å². The Balaban J connectivity index is 1.68. The zero-order valence-electron chi connectivity index (χ0n) is 18.0. The Kier molecular flexibility index (Phi) is 5.91. The van der Waals surface area contributed by atoms with Crippen molar-refractivity contribution < 1.29 is 31.1 Å². The first-order valence-corrected chi connectivity index (χ1v) is 11.1. The molecule has 1 aromatic carbocycles. The minimum Gasteiger partial charge on any atom is -0.381 e. The Bertz CT molecular complexity index is 1260. The SMILES string of the molecule is FC(F)(F)c1nc(N2CCc3c([nH]c4ccc(Cl)cc34)[C@@H]2C=C2CCOCC2)nc(C(F)(F)F)n1. The Morgan fingerprint density at radius 2 is 1.63 bits per heavy atom. The molecule has 35 heavy (non-hydrogen) atoms.